The van der Waals surface area contributed by atoms with Crippen LogP contribution in [0.15, 0.2) is 0 Å². The fourth-order valence-electron chi connectivity index (χ4n) is 6.78. The number of piperazine rings is 1. The lowest BCUT2D eigenvalue weighted by molar-refractivity contribution is -0.0744. The highest BCUT2D eigenvalue weighted by molar-refractivity contribution is 5.67. The van der Waals surface area contributed by atoms with E-state index in [1.165, 1.54) is 44.9 Å². The van der Waals surface area contributed by atoms with E-state index in [4.69, 9.17) is 9.47 Å². The van der Waals surface area contributed by atoms with Crippen molar-refractivity contribution >= 4 is 6.09 Å². The van der Waals surface area contributed by atoms with Gasteiger partial charge < -0.3 is 19.5 Å². The van der Waals surface area contributed by atoms with Crippen LogP contribution in [0.4, 0.5) is 4.79 Å². The minimum absolute atomic E-state index is 0.226. The van der Waals surface area contributed by atoms with Gasteiger partial charge in [0.25, 0.3) is 0 Å². The average Bonchev–Trinajstić information content (AvgIpc) is 2.65. The molecule has 0 spiro atoms. The van der Waals surface area contributed by atoms with Crippen LogP contribution in [0.5, 0.6) is 0 Å². The first-order valence-corrected chi connectivity index (χ1v) is 11.4. The number of aliphatic hydroxyl groups excluding tert-OH is 1. The van der Waals surface area contributed by atoms with Gasteiger partial charge >= 0.3 is 6.09 Å². The van der Waals surface area contributed by atoms with Gasteiger partial charge in [-0.25, -0.2) is 4.79 Å². The third kappa shape index (κ3) is 4.82. The van der Waals surface area contributed by atoms with Crippen molar-refractivity contribution in [2.75, 3.05) is 52.5 Å². The molecule has 4 saturated carbocycles. The summed E-state index contributed by atoms with van der Waals surface area (Å²) in [4.78, 5) is 15.7. The maximum absolute atomic E-state index is 11.7. The van der Waals surface area contributed by atoms with E-state index >= 15 is 0 Å². The van der Waals surface area contributed by atoms with Gasteiger partial charge in [-0.15, -0.1) is 0 Å². The van der Waals surface area contributed by atoms with E-state index in [0.717, 1.165) is 37.5 Å². The molecule has 1 aliphatic heterocycles. The van der Waals surface area contributed by atoms with Crippen LogP contribution in [-0.2, 0) is 9.47 Å². The molecular formula is C22H38N2O4. The van der Waals surface area contributed by atoms with E-state index in [-0.39, 0.29) is 6.09 Å². The Morgan fingerprint density at radius 2 is 1.68 bits per heavy atom. The largest absolute Gasteiger partial charge is 0.450 e. The van der Waals surface area contributed by atoms with Crippen molar-refractivity contribution in [2.24, 2.45) is 23.2 Å². The minimum atomic E-state index is -0.453. The summed E-state index contributed by atoms with van der Waals surface area (Å²) in [5, 5.41) is 10.3. The van der Waals surface area contributed by atoms with Crippen LogP contribution in [0, 0.1) is 23.2 Å². The summed E-state index contributed by atoms with van der Waals surface area (Å²) in [7, 11) is 0. The summed E-state index contributed by atoms with van der Waals surface area (Å²) >= 11 is 0. The van der Waals surface area contributed by atoms with Crippen LogP contribution in [-0.4, -0.2) is 79.6 Å². The molecule has 160 valence electrons. The number of nitrogens with zero attached hydrogens (tertiary/aromatic N) is 2. The molecule has 1 amide bonds. The van der Waals surface area contributed by atoms with Gasteiger partial charge in [0, 0.05) is 39.3 Å². The highest BCUT2D eigenvalue weighted by atomic mass is 16.6. The van der Waals surface area contributed by atoms with Crippen molar-refractivity contribution in [3.05, 3.63) is 0 Å². The lowest BCUT2D eigenvalue weighted by Gasteiger charge is -2.57. The molecular weight excluding hydrogens is 356 g/mol. The molecule has 6 nitrogen and oxygen atoms in total. The number of ether oxygens (including phenoxy) is 2. The van der Waals surface area contributed by atoms with Crippen LogP contribution in [0.1, 0.15) is 51.9 Å². The Morgan fingerprint density at radius 3 is 2.25 bits per heavy atom. The second-order valence-corrected chi connectivity index (χ2v) is 9.88. The minimum Gasteiger partial charge on any atom is -0.450 e. The second-order valence-electron chi connectivity index (χ2n) is 9.88. The van der Waals surface area contributed by atoms with Crippen molar-refractivity contribution in [2.45, 2.75) is 58.0 Å². The number of rotatable bonds is 8. The van der Waals surface area contributed by atoms with Crippen molar-refractivity contribution in [3.8, 4) is 0 Å². The quantitative estimate of drug-likeness (QED) is 0.642. The zero-order valence-corrected chi connectivity index (χ0v) is 17.5. The monoisotopic (exact) mass is 394 g/mol. The number of carbonyl (C=O) groups is 1. The van der Waals surface area contributed by atoms with E-state index in [2.05, 4.69) is 4.90 Å². The lowest BCUT2D eigenvalue weighted by atomic mass is 9.49. The van der Waals surface area contributed by atoms with Crippen LogP contribution in [0.25, 0.3) is 0 Å². The molecule has 0 aromatic heterocycles. The summed E-state index contributed by atoms with van der Waals surface area (Å²) < 4.78 is 11.0. The first-order chi connectivity index (χ1) is 13.5. The molecule has 0 aromatic rings. The van der Waals surface area contributed by atoms with Crippen molar-refractivity contribution in [1.82, 2.24) is 9.80 Å². The molecule has 1 heterocycles. The fourth-order valence-corrected chi connectivity index (χ4v) is 6.78. The van der Waals surface area contributed by atoms with Gasteiger partial charge in [0.1, 0.15) is 0 Å². The van der Waals surface area contributed by atoms with Gasteiger partial charge in [-0.1, -0.05) is 0 Å². The number of hydrogen-bond acceptors (Lipinski definition) is 5. The Balaban J connectivity index is 1.11. The normalized spacial score (nSPS) is 35.9. The smallest absolute Gasteiger partial charge is 0.409 e. The number of amides is 1. The van der Waals surface area contributed by atoms with Crippen LogP contribution >= 0.6 is 0 Å². The summed E-state index contributed by atoms with van der Waals surface area (Å²) in [5.74, 6) is 2.97. The van der Waals surface area contributed by atoms with E-state index in [1.807, 2.05) is 6.92 Å². The van der Waals surface area contributed by atoms with Crippen molar-refractivity contribution < 1.29 is 19.4 Å². The molecule has 5 aliphatic rings. The third-order valence-electron chi connectivity index (χ3n) is 7.62. The van der Waals surface area contributed by atoms with E-state index in [9.17, 15) is 9.90 Å². The molecule has 1 N–H and O–H groups in total. The van der Waals surface area contributed by atoms with E-state index in [0.29, 0.717) is 38.3 Å². The van der Waals surface area contributed by atoms with Gasteiger partial charge in [-0.3, -0.25) is 4.90 Å². The molecule has 0 radical (unpaired) electrons. The Morgan fingerprint density at radius 1 is 1.07 bits per heavy atom. The van der Waals surface area contributed by atoms with Gasteiger partial charge in [-0.05, 0) is 75.0 Å². The maximum Gasteiger partial charge on any atom is 0.409 e. The van der Waals surface area contributed by atoms with Gasteiger partial charge in [0.05, 0.1) is 19.3 Å². The third-order valence-corrected chi connectivity index (χ3v) is 7.62. The van der Waals surface area contributed by atoms with Gasteiger partial charge in [0.2, 0.25) is 0 Å². The van der Waals surface area contributed by atoms with Gasteiger partial charge in [0.15, 0.2) is 0 Å². The zero-order chi connectivity index (χ0) is 19.6. The Hall–Kier alpha value is -0.850. The topological polar surface area (TPSA) is 62.2 Å². The molecule has 4 aliphatic carbocycles. The van der Waals surface area contributed by atoms with Crippen LogP contribution in [0.3, 0.4) is 0 Å². The summed E-state index contributed by atoms with van der Waals surface area (Å²) in [6.07, 6.45) is 9.25. The Labute approximate surface area is 169 Å². The predicted molar refractivity (Wildman–Crippen MR) is 107 cm³/mol. The number of aliphatic hydroxyl groups is 1. The molecule has 5 fully saturated rings. The molecule has 28 heavy (non-hydrogen) atoms. The first kappa shape index (κ1) is 20.4. The summed E-state index contributed by atoms with van der Waals surface area (Å²) in [6.45, 7) is 6.97. The zero-order valence-electron chi connectivity index (χ0n) is 17.5. The number of hydrogen-bond donors (Lipinski definition) is 1. The van der Waals surface area contributed by atoms with E-state index in [1.54, 1.807) is 4.90 Å². The maximum atomic E-state index is 11.7. The number of carbonyl (C=O) groups excluding carboxylic acids is 1. The van der Waals surface area contributed by atoms with Gasteiger partial charge in [-0.2, -0.15) is 0 Å². The second kappa shape index (κ2) is 8.88. The lowest BCUT2D eigenvalue weighted by Crippen LogP contribution is -2.51. The molecule has 0 aromatic carbocycles. The molecule has 1 atom stereocenters. The molecule has 6 heteroatoms. The van der Waals surface area contributed by atoms with Crippen LogP contribution in [0.2, 0.25) is 0 Å². The predicted octanol–water partition coefficient (Wildman–Crippen LogP) is 2.74. The SMILES string of the molecule is CCOC(=O)N1CCN(C[C@@H](O)COCCC23CC4CC(CC(C4)C2)C3)CC1. The average molecular weight is 395 g/mol. The Bertz CT molecular complexity index is 497. The van der Waals surface area contributed by atoms with Crippen molar-refractivity contribution in [3.63, 3.8) is 0 Å². The highest BCUT2D eigenvalue weighted by Crippen LogP contribution is 2.61. The molecule has 4 bridgehead atoms. The molecule has 5 rings (SSSR count). The summed E-state index contributed by atoms with van der Waals surface area (Å²) in [5.41, 5.74) is 0.559. The fraction of sp³-hybridized carbons (Fsp3) is 0.955. The molecule has 0 unspecified atom stereocenters. The summed E-state index contributed by atoms with van der Waals surface area (Å²) in [6, 6.07) is 0. The van der Waals surface area contributed by atoms with E-state index < -0.39 is 6.10 Å². The Kier molecular flexibility index (Phi) is 6.48. The first-order valence-electron chi connectivity index (χ1n) is 11.4. The number of β-amino-alcohol motifs (C(OH)–C–C–N with tert-alkyl or cyclic N) is 1. The highest BCUT2D eigenvalue weighted by Gasteiger charge is 2.50. The molecule has 1 saturated heterocycles. The van der Waals surface area contributed by atoms with Crippen LogP contribution < -0.4 is 0 Å². The van der Waals surface area contributed by atoms with Crippen molar-refractivity contribution in [1.29, 1.82) is 0 Å². The standard InChI is InChI=1S/C22H38N2O4/c1-2-28-21(26)24-6-4-23(5-7-24)15-20(25)16-27-8-3-22-12-17-9-18(13-22)11-19(10-17)14-22/h17-20,25H,2-16H2,1H3/t17?,18?,19?,20-,22?/m1/s1.